The molecule has 3 aromatic heterocycles. The largest absolute Gasteiger partial charge is 0.459 e. The minimum absolute atomic E-state index is 0.213. The Morgan fingerprint density at radius 2 is 1.90 bits per heavy atom. The Morgan fingerprint density at radius 3 is 2.60 bits per heavy atom. The molecule has 0 unspecified atom stereocenters. The summed E-state index contributed by atoms with van der Waals surface area (Å²) in [6.45, 7) is 3.95. The highest BCUT2D eigenvalue weighted by molar-refractivity contribution is 7.16. The van der Waals surface area contributed by atoms with Crippen LogP contribution in [0.15, 0.2) is 71.5 Å². The van der Waals surface area contributed by atoms with E-state index in [-0.39, 0.29) is 17.5 Å². The maximum atomic E-state index is 14.8. The first-order valence-electron chi connectivity index (χ1n) is 9.41. The highest BCUT2D eigenvalue weighted by Gasteiger charge is 2.27. The number of aromatic nitrogens is 1. The van der Waals surface area contributed by atoms with Crippen LogP contribution in [0.5, 0.6) is 0 Å². The standard InChI is InChI=1S/C23H20FN3O2S/c1-14-15(2)30-23(27-22(28)18-10-7-13-29-18)20(14)21(16-8-3-4-9-17(16)24)26-19-11-5-6-12-25-19/h3-13,21H,1-2H3,(H,25,26)(H,27,28)/t21-/m0/s1. The Bertz CT molecular complexity index is 1160. The molecular weight excluding hydrogens is 401 g/mol. The molecule has 0 aliphatic carbocycles. The van der Waals surface area contributed by atoms with Crippen LogP contribution < -0.4 is 10.6 Å². The van der Waals surface area contributed by atoms with E-state index in [4.69, 9.17) is 4.42 Å². The Kier molecular flexibility index (Phi) is 5.63. The van der Waals surface area contributed by atoms with Crippen LogP contribution in [0.3, 0.4) is 0 Å². The molecule has 0 fully saturated rings. The van der Waals surface area contributed by atoms with Gasteiger partial charge in [-0.25, -0.2) is 9.37 Å². The number of aryl methyl sites for hydroxylation is 1. The predicted octanol–water partition coefficient (Wildman–Crippen LogP) is 5.95. The van der Waals surface area contributed by atoms with Crippen LogP contribution in [0.25, 0.3) is 0 Å². The van der Waals surface area contributed by atoms with Gasteiger partial charge in [0.25, 0.3) is 5.91 Å². The van der Waals surface area contributed by atoms with E-state index in [9.17, 15) is 9.18 Å². The number of benzene rings is 1. The number of pyridine rings is 1. The fourth-order valence-electron chi connectivity index (χ4n) is 3.27. The maximum absolute atomic E-state index is 14.8. The monoisotopic (exact) mass is 421 g/mol. The number of nitrogens with one attached hydrogen (secondary N) is 2. The van der Waals surface area contributed by atoms with Crippen molar-refractivity contribution in [2.75, 3.05) is 10.6 Å². The van der Waals surface area contributed by atoms with Crippen molar-refractivity contribution in [2.45, 2.75) is 19.9 Å². The summed E-state index contributed by atoms with van der Waals surface area (Å²) in [7, 11) is 0. The summed E-state index contributed by atoms with van der Waals surface area (Å²) < 4.78 is 20.0. The Morgan fingerprint density at radius 1 is 1.10 bits per heavy atom. The molecule has 1 aromatic carbocycles. The first kappa shape index (κ1) is 19.8. The minimum Gasteiger partial charge on any atom is -0.459 e. The lowest BCUT2D eigenvalue weighted by molar-refractivity contribution is 0.0997. The molecule has 1 amide bonds. The van der Waals surface area contributed by atoms with Gasteiger partial charge in [-0.1, -0.05) is 24.3 Å². The fraction of sp³-hybridized carbons (Fsp3) is 0.130. The summed E-state index contributed by atoms with van der Waals surface area (Å²) in [6, 6.07) is 14.8. The van der Waals surface area contributed by atoms with E-state index in [1.54, 1.807) is 36.5 Å². The van der Waals surface area contributed by atoms with Gasteiger partial charge >= 0.3 is 0 Å². The van der Waals surface area contributed by atoms with Crippen molar-refractivity contribution >= 4 is 28.1 Å². The van der Waals surface area contributed by atoms with Gasteiger partial charge in [-0.3, -0.25) is 4.79 Å². The number of carbonyl (C=O) groups excluding carboxylic acids is 1. The van der Waals surface area contributed by atoms with E-state index in [1.807, 2.05) is 32.0 Å². The SMILES string of the molecule is Cc1sc(NC(=O)c2ccco2)c([C@@H](Nc2ccccn2)c2ccccc2F)c1C. The van der Waals surface area contributed by atoms with E-state index in [0.29, 0.717) is 16.4 Å². The number of hydrogen-bond acceptors (Lipinski definition) is 5. The first-order chi connectivity index (χ1) is 14.5. The lowest BCUT2D eigenvalue weighted by atomic mass is 9.96. The lowest BCUT2D eigenvalue weighted by Crippen LogP contribution is -2.18. The number of anilines is 2. The zero-order valence-corrected chi connectivity index (χ0v) is 17.3. The molecule has 152 valence electrons. The van der Waals surface area contributed by atoms with Crippen molar-refractivity contribution in [1.82, 2.24) is 4.98 Å². The van der Waals surface area contributed by atoms with Crippen molar-refractivity contribution in [3.8, 4) is 0 Å². The number of furan rings is 1. The van der Waals surface area contributed by atoms with Gasteiger partial charge in [0.2, 0.25) is 0 Å². The summed E-state index contributed by atoms with van der Waals surface area (Å²) in [5, 5.41) is 6.91. The molecule has 0 saturated heterocycles. The molecule has 4 rings (SSSR count). The first-order valence-corrected chi connectivity index (χ1v) is 10.2. The van der Waals surface area contributed by atoms with Gasteiger partial charge in [0, 0.05) is 22.2 Å². The molecule has 0 aliphatic rings. The quantitative estimate of drug-likeness (QED) is 0.404. The minimum atomic E-state index is -0.544. The highest BCUT2D eigenvalue weighted by Crippen LogP contribution is 2.41. The molecular formula is C23H20FN3O2S. The molecule has 0 aliphatic heterocycles. The summed E-state index contributed by atoms with van der Waals surface area (Å²) in [5.74, 6) is 0.132. The zero-order chi connectivity index (χ0) is 21.1. The lowest BCUT2D eigenvalue weighted by Gasteiger charge is -2.22. The second kappa shape index (κ2) is 8.51. The second-order valence-electron chi connectivity index (χ2n) is 6.77. The van der Waals surface area contributed by atoms with Crippen molar-refractivity contribution < 1.29 is 13.6 Å². The number of rotatable bonds is 6. The van der Waals surface area contributed by atoms with E-state index in [0.717, 1.165) is 16.0 Å². The number of nitrogens with zero attached hydrogens (tertiary/aromatic N) is 1. The third kappa shape index (κ3) is 3.97. The van der Waals surface area contributed by atoms with Gasteiger partial charge in [0.05, 0.1) is 12.3 Å². The molecule has 0 spiro atoms. The Balaban J connectivity index is 1.80. The summed E-state index contributed by atoms with van der Waals surface area (Å²) in [5.41, 5.74) is 2.25. The van der Waals surface area contributed by atoms with E-state index in [1.165, 1.54) is 23.7 Å². The van der Waals surface area contributed by atoms with Gasteiger partial charge in [0.15, 0.2) is 5.76 Å². The average molecular weight is 421 g/mol. The molecule has 0 bridgehead atoms. The fourth-order valence-corrected chi connectivity index (χ4v) is 4.36. The third-order valence-electron chi connectivity index (χ3n) is 4.87. The van der Waals surface area contributed by atoms with Crippen LogP contribution in [0.1, 0.15) is 38.2 Å². The normalized spacial score (nSPS) is 11.8. The zero-order valence-electron chi connectivity index (χ0n) is 16.5. The van der Waals surface area contributed by atoms with Crippen molar-refractivity contribution in [3.63, 3.8) is 0 Å². The molecule has 0 radical (unpaired) electrons. The number of amides is 1. The summed E-state index contributed by atoms with van der Waals surface area (Å²) in [6.07, 6.45) is 3.12. The number of halogens is 1. The van der Waals surface area contributed by atoms with Crippen LogP contribution >= 0.6 is 11.3 Å². The van der Waals surface area contributed by atoms with E-state index in [2.05, 4.69) is 15.6 Å². The van der Waals surface area contributed by atoms with Gasteiger partial charge < -0.3 is 15.1 Å². The highest BCUT2D eigenvalue weighted by atomic mass is 32.1. The Hall–Kier alpha value is -3.45. The number of thiophene rings is 1. The molecule has 1 atom stereocenters. The van der Waals surface area contributed by atoms with Gasteiger partial charge in [-0.15, -0.1) is 11.3 Å². The second-order valence-corrected chi connectivity index (χ2v) is 8.00. The van der Waals surface area contributed by atoms with Crippen LogP contribution in [0, 0.1) is 19.7 Å². The topological polar surface area (TPSA) is 67.2 Å². The molecule has 3 heterocycles. The number of carbonyl (C=O) groups is 1. The molecule has 2 N–H and O–H groups in total. The third-order valence-corrected chi connectivity index (χ3v) is 6.00. The average Bonchev–Trinajstić information content (AvgIpc) is 3.37. The molecule has 30 heavy (non-hydrogen) atoms. The summed E-state index contributed by atoms with van der Waals surface area (Å²) in [4.78, 5) is 18.0. The van der Waals surface area contributed by atoms with Crippen LogP contribution in [0.2, 0.25) is 0 Å². The smallest absolute Gasteiger partial charge is 0.291 e. The molecule has 0 saturated carbocycles. The van der Waals surface area contributed by atoms with Crippen molar-refractivity contribution in [2.24, 2.45) is 0 Å². The molecule has 5 nitrogen and oxygen atoms in total. The van der Waals surface area contributed by atoms with E-state index >= 15 is 0 Å². The van der Waals surface area contributed by atoms with Gasteiger partial charge in [-0.05, 0) is 49.7 Å². The van der Waals surface area contributed by atoms with Crippen molar-refractivity contribution in [3.05, 3.63) is 100 Å². The van der Waals surface area contributed by atoms with Crippen LogP contribution in [-0.2, 0) is 0 Å². The van der Waals surface area contributed by atoms with Gasteiger partial charge in [0.1, 0.15) is 16.6 Å². The van der Waals surface area contributed by atoms with Crippen LogP contribution in [-0.4, -0.2) is 10.9 Å². The molecule has 4 aromatic rings. The molecule has 7 heteroatoms. The maximum Gasteiger partial charge on any atom is 0.291 e. The Labute approximate surface area is 177 Å². The predicted molar refractivity (Wildman–Crippen MR) is 117 cm³/mol. The van der Waals surface area contributed by atoms with Crippen molar-refractivity contribution in [1.29, 1.82) is 0 Å². The van der Waals surface area contributed by atoms with Gasteiger partial charge in [-0.2, -0.15) is 0 Å². The number of hydrogen-bond donors (Lipinski definition) is 2. The summed E-state index contributed by atoms with van der Waals surface area (Å²) >= 11 is 1.45. The van der Waals surface area contributed by atoms with E-state index < -0.39 is 6.04 Å². The van der Waals surface area contributed by atoms with Crippen LogP contribution in [0.4, 0.5) is 15.2 Å².